The lowest BCUT2D eigenvalue weighted by Crippen LogP contribution is -2.22. The molecule has 0 saturated heterocycles. The molecule has 1 aliphatic heterocycles. The lowest BCUT2D eigenvalue weighted by Gasteiger charge is -2.14. The van der Waals surface area contributed by atoms with Crippen molar-refractivity contribution in [2.75, 3.05) is 6.61 Å². The highest BCUT2D eigenvalue weighted by molar-refractivity contribution is 6.38. The van der Waals surface area contributed by atoms with Gasteiger partial charge in [-0.15, -0.1) is 0 Å². The Hall–Kier alpha value is -1.62. The lowest BCUT2D eigenvalue weighted by atomic mass is 10.2. The van der Waals surface area contributed by atoms with Crippen molar-refractivity contribution in [1.82, 2.24) is 0 Å². The summed E-state index contributed by atoms with van der Waals surface area (Å²) in [6, 6.07) is 3.52. The Morgan fingerprint density at radius 3 is 2.89 bits per heavy atom. The summed E-state index contributed by atoms with van der Waals surface area (Å²) >= 11 is 0. The number of rotatable bonds is 4. The molecule has 2 rings (SSSR count). The van der Waals surface area contributed by atoms with Crippen LogP contribution in [0.25, 0.3) is 0 Å². The maximum atomic E-state index is 11.8. The van der Waals surface area contributed by atoms with Crippen LogP contribution in [0.1, 0.15) is 32.6 Å². The third-order valence-electron chi connectivity index (χ3n) is 2.65. The van der Waals surface area contributed by atoms with Gasteiger partial charge in [0.2, 0.25) is 0 Å². The third-order valence-corrected chi connectivity index (χ3v) is 2.65. The van der Waals surface area contributed by atoms with E-state index in [0.717, 1.165) is 0 Å². The molecule has 1 aliphatic rings. The molecule has 0 radical (unpaired) electrons. The highest BCUT2D eigenvalue weighted by Crippen LogP contribution is 2.31. The number of hydrogen-bond donors (Lipinski definition) is 0. The molecule has 0 bridgehead atoms. The Bertz CT molecular complexity index is 436. The molecule has 2 atom stereocenters. The summed E-state index contributed by atoms with van der Waals surface area (Å²) in [4.78, 5) is 16.1. The van der Waals surface area contributed by atoms with Gasteiger partial charge >= 0.3 is 5.97 Å². The molecule has 0 amide bonds. The van der Waals surface area contributed by atoms with Crippen LogP contribution in [0.5, 0.6) is 0 Å². The topological polar surface area (TPSA) is 61.0 Å². The summed E-state index contributed by atoms with van der Waals surface area (Å²) in [5.41, 5.74) is 0.283. The molecular formula is C13H17NO4. The van der Waals surface area contributed by atoms with Crippen LogP contribution in [0, 0.1) is 5.92 Å². The van der Waals surface area contributed by atoms with E-state index in [4.69, 9.17) is 13.9 Å². The van der Waals surface area contributed by atoms with Gasteiger partial charge in [-0.3, -0.25) is 0 Å². The fraction of sp³-hybridized carbons (Fsp3) is 0.538. The largest absolute Gasteiger partial charge is 0.466 e. The number of aliphatic imine (C=N–C) groups is 1. The van der Waals surface area contributed by atoms with Crippen molar-refractivity contribution >= 4 is 11.7 Å². The Balaban J connectivity index is 2.24. The van der Waals surface area contributed by atoms with Crippen molar-refractivity contribution in [3.8, 4) is 0 Å². The molecule has 0 aliphatic carbocycles. The Kier molecular flexibility index (Phi) is 3.81. The summed E-state index contributed by atoms with van der Waals surface area (Å²) in [7, 11) is 0. The summed E-state index contributed by atoms with van der Waals surface area (Å²) in [6.45, 7) is 6.05. The van der Waals surface area contributed by atoms with Crippen molar-refractivity contribution < 1.29 is 18.7 Å². The van der Waals surface area contributed by atoms with E-state index < -0.39 is 12.1 Å². The molecule has 5 nitrogen and oxygen atoms in total. The molecule has 5 heteroatoms. The Morgan fingerprint density at radius 1 is 1.56 bits per heavy atom. The summed E-state index contributed by atoms with van der Waals surface area (Å²) in [5.74, 6) is 0.321. The minimum absolute atomic E-state index is 0.189. The Morgan fingerprint density at radius 2 is 2.33 bits per heavy atom. The van der Waals surface area contributed by atoms with Gasteiger partial charge in [0, 0.05) is 5.92 Å². The van der Waals surface area contributed by atoms with Crippen LogP contribution in [-0.2, 0) is 14.3 Å². The van der Waals surface area contributed by atoms with E-state index in [1.54, 1.807) is 25.3 Å². The van der Waals surface area contributed by atoms with Gasteiger partial charge < -0.3 is 13.9 Å². The molecule has 1 aromatic rings. The first-order valence-corrected chi connectivity index (χ1v) is 6.07. The first-order chi connectivity index (χ1) is 8.63. The third kappa shape index (κ3) is 2.46. The van der Waals surface area contributed by atoms with E-state index in [2.05, 4.69) is 4.99 Å². The predicted octanol–water partition coefficient (Wildman–Crippen LogP) is 2.34. The van der Waals surface area contributed by atoms with Gasteiger partial charge in [-0.2, -0.15) is 0 Å². The van der Waals surface area contributed by atoms with Gasteiger partial charge in [0.25, 0.3) is 0 Å². The predicted molar refractivity (Wildman–Crippen MR) is 65.2 cm³/mol. The van der Waals surface area contributed by atoms with Crippen LogP contribution >= 0.6 is 0 Å². The molecule has 0 spiro atoms. The van der Waals surface area contributed by atoms with Crippen molar-refractivity contribution in [2.45, 2.75) is 33.1 Å². The Labute approximate surface area is 106 Å². The molecule has 18 heavy (non-hydrogen) atoms. The van der Waals surface area contributed by atoms with Gasteiger partial charge in [-0.1, -0.05) is 13.8 Å². The van der Waals surface area contributed by atoms with Gasteiger partial charge in [0.05, 0.1) is 12.9 Å². The zero-order chi connectivity index (χ0) is 13.1. The fourth-order valence-electron chi connectivity index (χ4n) is 1.75. The van der Waals surface area contributed by atoms with E-state index in [1.165, 1.54) is 0 Å². The van der Waals surface area contributed by atoms with Gasteiger partial charge in [0.15, 0.2) is 18.0 Å². The van der Waals surface area contributed by atoms with Crippen LogP contribution in [-0.4, -0.2) is 24.5 Å². The second-order valence-corrected chi connectivity index (χ2v) is 4.40. The molecule has 0 N–H and O–H groups in total. The van der Waals surface area contributed by atoms with Gasteiger partial charge in [0.1, 0.15) is 5.76 Å². The van der Waals surface area contributed by atoms with Crippen LogP contribution in [0.4, 0.5) is 0 Å². The number of hydrogen-bond acceptors (Lipinski definition) is 5. The number of carbonyl (C=O) groups is 1. The lowest BCUT2D eigenvalue weighted by molar-refractivity contribution is -0.135. The van der Waals surface area contributed by atoms with E-state index in [9.17, 15) is 4.79 Å². The second-order valence-electron chi connectivity index (χ2n) is 4.40. The molecule has 0 fully saturated rings. The van der Waals surface area contributed by atoms with Crippen LogP contribution in [0.3, 0.4) is 0 Å². The molecule has 1 aromatic heterocycles. The molecule has 0 unspecified atom stereocenters. The molecule has 98 valence electrons. The number of ether oxygens (including phenoxy) is 2. The highest BCUT2D eigenvalue weighted by atomic mass is 16.6. The number of nitrogens with zero attached hydrogens (tertiary/aromatic N) is 1. The zero-order valence-electron chi connectivity index (χ0n) is 10.8. The van der Waals surface area contributed by atoms with Crippen molar-refractivity contribution in [3.05, 3.63) is 24.2 Å². The van der Waals surface area contributed by atoms with Crippen LogP contribution < -0.4 is 0 Å². The van der Waals surface area contributed by atoms with Crippen molar-refractivity contribution in [3.63, 3.8) is 0 Å². The molecular weight excluding hydrogens is 234 g/mol. The quantitative estimate of drug-likeness (QED) is 0.770. The fourth-order valence-corrected chi connectivity index (χ4v) is 1.75. The minimum atomic E-state index is -0.563. The summed E-state index contributed by atoms with van der Waals surface area (Å²) in [6.07, 6.45) is 0.649. The highest BCUT2D eigenvalue weighted by Gasteiger charge is 2.38. The number of carbonyl (C=O) groups excluding carboxylic acids is 1. The van der Waals surface area contributed by atoms with Crippen molar-refractivity contribution in [1.29, 1.82) is 0 Å². The maximum Gasteiger partial charge on any atom is 0.355 e. The standard InChI is InChI=1S/C13H17NO4/c1-4-16-13(15)10-11(9-6-5-7-17-9)18-12(14-10)8(2)3/h5-8,11-12H,4H2,1-3H3/t11-,12-/m1/s1. The average Bonchev–Trinajstić information content (AvgIpc) is 2.98. The summed E-state index contributed by atoms with van der Waals surface area (Å²) in [5, 5.41) is 0. The van der Waals surface area contributed by atoms with Crippen LogP contribution in [0.15, 0.2) is 27.8 Å². The SMILES string of the molecule is CCOC(=O)C1=N[C@@H](C(C)C)O[C@@H]1c1ccco1. The van der Waals surface area contributed by atoms with E-state index in [0.29, 0.717) is 12.4 Å². The minimum Gasteiger partial charge on any atom is -0.466 e. The normalized spacial score (nSPS) is 23.2. The first-order valence-electron chi connectivity index (χ1n) is 6.07. The molecule has 0 saturated carbocycles. The van der Waals surface area contributed by atoms with E-state index >= 15 is 0 Å². The summed E-state index contributed by atoms with van der Waals surface area (Å²) < 4.78 is 16.0. The number of esters is 1. The smallest absolute Gasteiger partial charge is 0.355 e. The van der Waals surface area contributed by atoms with E-state index in [1.807, 2.05) is 13.8 Å². The van der Waals surface area contributed by atoms with Crippen molar-refractivity contribution in [2.24, 2.45) is 10.9 Å². The first kappa shape index (κ1) is 12.8. The van der Waals surface area contributed by atoms with Gasteiger partial charge in [-0.05, 0) is 19.1 Å². The second kappa shape index (κ2) is 5.35. The number of furan rings is 1. The molecule has 0 aromatic carbocycles. The zero-order valence-corrected chi connectivity index (χ0v) is 10.8. The van der Waals surface area contributed by atoms with Crippen LogP contribution in [0.2, 0.25) is 0 Å². The maximum absolute atomic E-state index is 11.8. The average molecular weight is 251 g/mol. The molecule has 2 heterocycles. The van der Waals surface area contributed by atoms with Gasteiger partial charge in [-0.25, -0.2) is 9.79 Å². The van der Waals surface area contributed by atoms with E-state index in [-0.39, 0.29) is 17.9 Å². The monoisotopic (exact) mass is 251 g/mol.